The van der Waals surface area contributed by atoms with E-state index in [1.54, 1.807) is 0 Å². The molecule has 3 aliphatic heterocycles. The zero-order valence-electron chi connectivity index (χ0n) is 10.8. The maximum absolute atomic E-state index is 10.4. The lowest BCUT2D eigenvalue weighted by Crippen LogP contribution is -2.42. The Balaban J connectivity index is 1.63. The third kappa shape index (κ3) is 1.91. The van der Waals surface area contributed by atoms with Gasteiger partial charge in [-0.3, -0.25) is 4.90 Å². The summed E-state index contributed by atoms with van der Waals surface area (Å²) in [4.78, 5) is 2.55. The summed E-state index contributed by atoms with van der Waals surface area (Å²) in [5.41, 5.74) is 1.35. The largest absolute Gasteiger partial charge is 0.391 e. The third-order valence-electron chi connectivity index (χ3n) is 5.53. The highest BCUT2D eigenvalue weighted by Crippen LogP contribution is 2.51. The molecule has 2 nitrogen and oxygen atoms in total. The number of allylic oxidation sites excluding steroid dienone is 4. The molecule has 2 unspecified atom stereocenters. The van der Waals surface area contributed by atoms with Crippen molar-refractivity contribution in [2.24, 2.45) is 11.8 Å². The number of alkyl halides is 2. The lowest BCUT2D eigenvalue weighted by Gasteiger charge is -2.39. The molecular formula is C15H19Cl2NO. The van der Waals surface area contributed by atoms with Crippen molar-refractivity contribution in [3.8, 4) is 0 Å². The van der Waals surface area contributed by atoms with Gasteiger partial charge in [0.1, 0.15) is 4.33 Å². The molecule has 0 aromatic rings. The van der Waals surface area contributed by atoms with Gasteiger partial charge in [-0.1, -0.05) is 35.4 Å². The van der Waals surface area contributed by atoms with Crippen LogP contribution in [0.25, 0.3) is 0 Å². The molecule has 1 aliphatic carbocycles. The second kappa shape index (κ2) is 4.24. The van der Waals surface area contributed by atoms with Gasteiger partial charge in [-0.25, -0.2) is 0 Å². The summed E-state index contributed by atoms with van der Waals surface area (Å²) in [5, 5.41) is 10.4. The molecule has 6 atom stereocenters. The number of nitrogens with zero attached hydrogens (tertiary/aromatic N) is 1. The Morgan fingerprint density at radius 1 is 1.32 bits per heavy atom. The summed E-state index contributed by atoms with van der Waals surface area (Å²) < 4.78 is -0.739. The monoisotopic (exact) mass is 299 g/mol. The quantitative estimate of drug-likeness (QED) is 0.753. The molecule has 19 heavy (non-hydrogen) atoms. The second-order valence-corrected chi connectivity index (χ2v) is 8.03. The van der Waals surface area contributed by atoms with Crippen molar-refractivity contribution in [1.82, 2.24) is 4.90 Å². The summed E-state index contributed by atoms with van der Waals surface area (Å²) in [7, 11) is 0. The molecule has 3 fully saturated rings. The predicted molar refractivity (Wildman–Crippen MR) is 77.4 cm³/mol. The summed E-state index contributed by atoms with van der Waals surface area (Å²) in [5.74, 6) is 0.903. The van der Waals surface area contributed by atoms with Crippen LogP contribution in [-0.4, -0.2) is 39.1 Å². The zero-order valence-corrected chi connectivity index (χ0v) is 12.3. The van der Waals surface area contributed by atoms with Crippen LogP contribution in [0.4, 0.5) is 0 Å². The maximum atomic E-state index is 10.4. The molecule has 4 heteroatoms. The van der Waals surface area contributed by atoms with Crippen LogP contribution in [0.2, 0.25) is 0 Å². The van der Waals surface area contributed by atoms with E-state index in [0.717, 1.165) is 6.54 Å². The highest BCUT2D eigenvalue weighted by Gasteiger charge is 2.55. The summed E-state index contributed by atoms with van der Waals surface area (Å²) in [6.45, 7) is 0.877. The molecule has 0 amide bonds. The van der Waals surface area contributed by atoms with E-state index in [1.807, 2.05) is 6.08 Å². The number of piperidine rings is 1. The molecule has 0 aromatic heterocycles. The van der Waals surface area contributed by atoms with Crippen LogP contribution in [0.15, 0.2) is 23.8 Å². The molecule has 4 aliphatic rings. The molecule has 0 radical (unpaired) electrons. The van der Waals surface area contributed by atoms with E-state index in [-0.39, 0.29) is 6.10 Å². The standard InChI is InChI=1S/C15H19Cl2NO/c16-15(17)5-3-9(4-6-15)11-7-10-1-2-12-14(11)13(19)8-18(10)12/h3-5,10-14,19H,1-2,6-8H2/t10-,11+,12-,13?,14+/m1/s1. The van der Waals surface area contributed by atoms with Gasteiger partial charge in [-0.2, -0.15) is 0 Å². The normalized spacial score (nSPS) is 50.4. The first kappa shape index (κ1) is 12.7. The topological polar surface area (TPSA) is 23.5 Å². The van der Waals surface area contributed by atoms with E-state index in [4.69, 9.17) is 23.2 Å². The number of rotatable bonds is 1. The number of hydrogen-bond donors (Lipinski definition) is 1. The van der Waals surface area contributed by atoms with Crippen LogP contribution in [0, 0.1) is 11.8 Å². The Labute approximate surface area is 124 Å². The smallest absolute Gasteiger partial charge is 0.140 e. The van der Waals surface area contributed by atoms with Gasteiger partial charge >= 0.3 is 0 Å². The van der Waals surface area contributed by atoms with Gasteiger partial charge in [0.25, 0.3) is 0 Å². The van der Waals surface area contributed by atoms with Crippen molar-refractivity contribution >= 4 is 23.2 Å². The lowest BCUT2D eigenvalue weighted by molar-refractivity contribution is 0.0979. The van der Waals surface area contributed by atoms with Gasteiger partial charge in [0.15, 0.2) is 0 Å². The Morgan fingerprint density at radius 2 is 2.16 bits per heavy atom. The SMILES string of the molecule is OC1CN2[C@@H]3CC[C@@H]2[C@@H]1[C@H](C1=CCC(Cl)(Cl)C=C1)C3. The molecule has 0 saturated carbocycles. The molecule has 4 rings (SSSR count). The first-order valence-electron chi connectivity index (χ1n) is 7.26. The Hall–Kier alpha value is -0.0200. The van der Waals surface area contributed by atoms with E-state index in [2.05, 4.69) is 17.1 Å². The average Bonchev–Trinajstić information content (AvgIpc) is 2.75. The third-order valence-corrected chi connectivity index (χ3v) is 6.09. The molecule has 3 saturated heterocycles. The highest BCUT2D eigenvalue weighted by molar-refractivity contribution is 6.50. The molecule has 104 valence electrons. The van der Waals surface area contributed by atoms with Gasteiger partial charge in [-0.15, -0.1) is 0 Å². The fourth-order valence-electron chi connectivity index (χ4n) is 4.74. The van der Waals surface area contributed by atoms with Crippen molar-refractivity contribution in [3.63, 3.8) is 0 Å². The molecular weight excluding hydrogens is 281 g/mol. The zero-order chi connectivity index (χ0) is 13.2. The highest BCUT2D eigenvalue weighted by atomic mass is 35.5. The molecule has 3 heterocycles. The minimum atomic E-state index is -0.739. The van der Waals surface area contributed by atoms with Gasteiger partial charge in [-0.05, 0) is 36.8 Å². The Kier molecular flexibility index (Phi) is 2.83. The first-order chi connectivity index (χ1) is 9.05. The lowest BCUT2D eigenvalue weighted by atomic mass is 9.75. The van der Waals surface area contributed by atoms with Crippen LogP contribution in [0.3, 0.4) is 0 Å². The van der Waals surface area contributed by atoms with Gasteiger partial charge in [0.2, 0.25) is 0 Å². The Bertz CT molecular complexity index is 459. The van der Waals surface area contributed by atoms with Crippen molar-refractivity contribution in [1.29, 1.82) is 0 Å². The van der Waals surface area contributed by atoms with Crippen LogP contribution >= 0.6 is 23.2 Å². The molecule has 0 spiro atoms. The minimum absolute atomic E-state index is 0.159. The van der Waals surface area contributed by atoms with Crippen LogP contribution < -0.4 is 0 Å². The summed E-state index contributed by atoms with van der Waals surface area (Å²) in [6, 6.07) is 1.28. The van der Waals surface area contributed by atoms with Gasteiger partial charge < -0.3 is 5.11 Å². The van der Waals surface area contributed by atoms with Gasteiger partial charge in [0, 0.05) is 31.0 Å². The van der Waals surface area contributed by atoms with Crippen molar-refractivity contribution < 1.29 is 5.11 Å². The summed E-state index contributed by atoms with van der Waals surface area (Å²) in [6.07, 6.45) is 10.4. The molecule has 1 N–H and O–H groups in total. The van der Waals surface area contributed by atoms with Crippen LogP contribution in [0.5, 0.6) is 0 Å². The summed E-state index contributed by atoms with van der Waals surface area (Å²) >= 11 is 12.3. The number of aliphatic hydroxyl groups excluding tert-OH is 1. The van der Waals surface area contributed by atoms with E-state index in [1.165, 1.54) is 24.8 Å². The number of halogens is 2. The average molecular weight is 300 g/mol. The van der Waals surface area contributed by atoms with Crippen molar-refractivity contribution in [3.05, 3.63) is 23.8 Å². The predicted octanol–water partition coefficient (Wildman–Crippen LogP) is 2.89. The van der Waals surface area contributed by atoms with E-state index < -0.39 is 4.33 Å². The fourth-order valence-corrected chi connectivity index (χ4v) is 5.02. The minimum Gasteiger partial charge on any atom is -0.391 e. The van der Waals surface area contributed by atoms with Crippen molar-refractivity contribution in [2.75, 3.05) is 6.54 Å². The first-order valence-corrected chi connectivity index (χ1v) is 8.02. The van der Waals surface area contributed by atoms with Crippen LogP contribution in [-0.2, 0) is 0 Å². The number of hydrogen-bond acceptors (Lipinski definition) is 2. The second-order valence-electron chi connectivity index (χ2n) is 6.48. The van der Waals surface area contributed by atoms with E-state index in [9.17, 15) is 5.11 Å². The maximum Gasteiger partial charge on any atom is 0.140 e. The number of aliphatic hydroxyl groups is 1. The van der Waals surface area contributed by atoms with Gasteiger partial charge in [0.05, 0.1) is 6.10 Å². The van der Waals surface area contributed by atoms with E-state index >= 15 is 0 Å². The molecule has 0 aromatic carbocycles. The Morgan fingerprint density at radius 3 is 2.89 bits per heavy atom. The van der Waals surface area contributed by atoms with E-state index in [0.29, 0.717) is 30.3 Å². The van der Waals surface area contributed by atoms with Crippen LogP contribution in [0.1, 0.15) is 25.7 Å². The van der Waals surface area contributed by atoms with Crippen molar-refractivity contribution in [2.45, 2.75) is 48.2 Å². The molecule has 4 bridgehead atoms. The fraction of sp³-hybridized carbons (Fsp3) is 0.733.